The summed E-state index contributed by atoms with van der Waals surface area (Å²) in [5, 5.41) is 29.9. The molecule has 0 bridgehead atoms. The van der Waals surface area contributed by atoms with Crippen molar-refractivity contribution in [3.8, 4) is 0 Å². The minimum absolute atomic E-state index is 0.00323. The molecule has 1 aromatic heterocycles. The number of rotatable bonds is 10. The van der Waals surface area contributed by atoms with E-state index < -0.39 is 39.1 Å². The van der Waals surface area contributed by atoms with Gasteiger partial charge in [-0.05, 0) is 32.3 Å². The van der Waals surface area contributed by atoms with Crippen molar-refractivity contribution in [1.29, 1.82) is 0 Å². The van der Waals surface area contributed by atoms with Crippen molar-refractivity contribution < 1.29 is 19.4 Å². The molecule has 3 rings (SSSR count). The van der Waals surface area contributed by atoms with Crippen LogP contribution in [0.5, 0.6) is 0 Å². The maximum Gasteiger partial charge on any atom is 0.277 e. The number of amides is 2. The number of hydrazone groups is 1. The fourth-order valence-corrected chi connectivity index (χ4v) is 3.89. The fourth-order valence-electron chi connectivity index (χ4n) is 3.89. The Morgan fingerprint density at radius 1 is 1.03 bits per heavy atom. The van der Waals surface area contributed by atoms with Gasteiger partial charge < -0.3 is 9.88 Å². The van der Waals surface area contributed by atoms with E-state index in [0.29, 0.717) is 0 Å². The standard InChI is InChI=1S/C25H28N6O6/c1-15(2)9-22(27-24(32)17-10-19(30(34)35)12-20(11-17)31(36)37)25(33)28-26-13-18-14-29(16(3)4)23-8-6-5-7-21(18)23/h5-8,10-16,22H,9H2,1-4H3,(H,27,32)(H,28,33)/b26-13-/t22-/m1/s1. The highest BCUT2D eigenvalue weighted by atomic mass is 16.6. The zero-order chi connectivity index (χ0) is 27.3. The molecular formula is C25H28N6O6. The van der Waals surface area contributed by atoms with Gasteiger partial charge in [-0.25, -0.2) is 5.43 Å². The Labute approximate surface area is 212 Å². The van der Waals surface area contributed by atoms with Crippen LogP contribution in [0.1, 0.15) is 56.1 Å². The molecule has 1 heterocycles. The highest BCUT2D eigenvalue weighted by Crippen LogP contribution is 2.24. The Balaban J connectivity index is 1.80. The Hall–Kier alpha value is -4.61. The van der Waals surface area contributed by atoms with Gasteiger partial charge in [0.2, 0.25) is 0 Å². The van der Waals surface area contributed by atoms with Crippen LogP contribution < -0.4 is 10.7 Å². The first-order valence-corrected chi connectivity index (χ1v) is 11.6. The maximum atomic E-state index is 12.9. The molecule has 12 heteroatoms. The number of nitrogens with zero attached hydrogens (tertiary/aromatic N) is 4. The predicted molar refractivity (Wildman–Crippen MR) is 139 cm³/mol. The zero-order valence-electron chi connectivity index (χ0n) is 20.9. The monoisotopic (exact) mass is 508 g/mol. The third-order valence-corrected chi connectivity index (χ3v) is 5.62. The van der Waals surface area contributed by atoms with Gasteiger partial charge in [-0.1, -0.05) is 32.0 Å². The lowest BCUT2D eigenvalue weighted by molar-refractivity contribution is -0.394. The molecule has 0 spiro atoms. The van der Waals surface area contributed by atoms with Crippen molar-refractivity contribution in [3.63, 3.8) is 0 Å². The third kappa shape index (κ3) is 6.54. The zero-order valence-corrected chi connectivity index (χ0v) is 20.9. The Morgan fingerprint density at radius 3 is 2.22 bits per heavy atom. The van der Waals surface area contributed by atoms with Gasteiger partial charge in [-0.15, -0.1) is 0 Å². The number of carbonyl (C=O) groups is 2. The summed E-state index contributed by atoms with van der Waals surface area (Å²) in [6, 6.07) is 9.62. The molecule has 0 saturated carbocycles. The first-order chi connectivity index (χ1) is 17.5. The van der Waals surface area contributed by atoms with Gasteiger partial charge in [-0.3, -0.25) is 29.8 Å². The van der Waals surface area contributed by atoms with E-state index in [1.165, 1.54) is 6.21 Å². The third-order valence-electron chi connectivity index (χ3n) is 5.62. The molecule has 3 aromatic rings. The number of benzene rings is 2. The summed E-state index contributed by atoms with van der Waals surface area (Å²) in [7, 11) is 0. The lowest BCUT2D eigenvalue weighted by Crippen LogP contribution is -2.46. The van der Waals surface area contributed by atoms with E-state index in [4.69, 9.17) is 0 Å². The van der Waals surface area contributed by atoms with Gasteiger partial charge >= 0.3 is 0 Å². The minimum atomic E-state index is -1.03. The summed E-state index contributed by atoms with van der Waals surface area (Å²) in [6.45, 7) is 7.83. The first-order valence-electron chi connectivity index (χ1n) is 11.6. The summed E-state index contributed by atoms with van der Waals surface area (Å²) < 4.78 is 2.10. The number of para-hydroxylation sites is 1. The van der Waals surface area contributed by atoms with Crippen LogP contribution in [-0.2, 0) is 4.79 Å². The molecule has 0 radical (unpaired) electrons. The number of nitrogens with one attached hydrogen (secondary N) is 2. The molecule has 194 valence electrons. The van der Waals surface area contributed by atoms with Gasteiger partial charge in [0.1, 0.15) is 6.04 Å². The van der Waals surface area contributed by atoms with Crippen LogP contribution in [0.4, 0.5) is 11.4 Å². The Bertz CT molecular complexity index is 1340. The van der Waals surface area contributed by atoms with E-state index in [2.05, 4.69) is 34.3 Å². The molecule has 0 aliphatic heterocycles. The van der Waals surface area contributed by atoms with E-state index in [-0.39, 0.29) is 23.9 Å². The van der Waals surface area contributed by atoms with E-state index in [1.807, 2.05) is 44.3 Å². The van der Waals surface area contributed by atoms with Crippen molar-refractivity contribution in [2.24, 2.45) is 11.0 Å². The molecule has 0 aliphatic carbocycles. The molecule has 2 amide bonds. The van der Waals surface area contributed by atoms with Gasteiger partial charge in [0.05, 0.1) is 27.7 Å². The molecule has 2 aromatic carbocycles. The van der Waals surface area contributed by atoms with Crippen molar-refractivity contribution in [3.05, 3.63) is 80.0 Å². The number of nitro benzene ring substituents is 2. The molecule has 0 unspecified atom stereocenters. The van der Waals surface area contributed by atoms with Crippen molar-refractivity contribution in [2.45, 2.75) is 46.2 Å². The second-order valence-corrected chi connectivity index (χ2v) is 9.24. The summed E-state index contributed by atoms with van der Waals surface area (Å²) in [6.07, 6.45) is 3.71. The quantitative estimate of drug-likeness (QED) is 0.235. The molecule has 0 fully saturated rings. The largest absolute Gasteiger partial charge is 0.344 e. The van der Waals surface area contributed by atoms with Crippen LogP contribution in [0.3, 0.4) is 0 Å². The van der Waals surface area contributed by atoms with E-state index in [0.717, 1.165) is 34.7 Å². The highest BCUT2D eigenvalue weighted by molar-refractivity contribution is 6.01. The van der Waals surface area contributed by atoms with E-state index >= 15 is 0 Å². The van der Waals surface area contributed by atoms with Crippen molar-refractivity contribution in [1.82, 2.24) is 15.3 Å². The number of non-ortho nitro benzene ring substituents is 2. The molecule has 12 nitrogen and oxygen atoms in total. The van der Waals surface area contributed by atoms with Gasteiger partial charge in [0, 0.05) is 40.8 Å². The summed E-state index contributed by atoms with van der Waals surface area (Å²) in [5.41, 5.74) is 2.78. The average molecular weight is 509 g/mol. The molecule has 0 saturated heterocycles. The molecule has 1 atom stereocenters. The first kappa shape index (κ1) is 27.0. The molecule has 37 heavy (non-hydrogen) atoms. The second-order valence-electron chi connectivity index (χ2n) is 9.24. The Kier molecular flexibility index (Phi) is 8.33. The van der Waals surface area contributed by atoms with E-state index in [9.17, 15) is 29.8 Å². The summed E-state index contributed by atoms with van der Waals surface area (Å²) in [4.78, 5) is 46.4. The molecule has 2 N–H and O–H groups in total. The number of hydrogen-bond donors (Lipinski definition) is 2. The van der Waals surface area contributed by atoms with Gasteiger partial charge in [0.15, 0.2) is 0 Å². The number of hydrogen-bond acceptors (Lipinski definition) is 7. The van der Waals surface area contributed by atoms with Gasteiger partial charge in [0.25, 0.3) is 23.2 Å². The average Bonchev–Trinajstić information content (AvgIpc) is 3.22. The second kappa shape index (κ2) is 11.4. The van der Waals surface area contributed by atoms with Crippen LogP contribution in [-0.4, -0.2) is 38.5 Å². The van der Waals surface area contributed by atoms with Crippen molar-refractivity contribution in [2.75, 3.05) is 0 Å². The highest BCUT2D eigenvalue weighted by Gasteiger charge is 2.25. The number of nitro groups is 2. The Morgan fingerprint density at radius 2 is 1.65 bits per heavy atom. The van der Waals surface area contributed by atoms with E-state index in [1.54, 1.807) is 0 Å². The number of aromatic nitrogens is 1. The normalized spacial score (nSPS) is 12.3. The predicted octanol–water partition coefficient (Wildman–Crippen LogP) is 4.33. The van der Waals surface area contributed by atoms with Crippen LogP contribution >= 0.6 is 0 Å². The lowest BCUT2D eigenvalue weighted by Gasteiger charge is -2.19. The molecule has 0 aliphatic rings. The van der Waals surface area contributed by atoms with Crippen LogP contribution in [0.25, 0.3) is 10.9 Å². The smallest absolute Gasteiger partial charge is 0.277 e. The maximum absolute atomic E-state index is 12.9. The minimum Gasteiger partial charge on any atom is -0.344 e. The van der Waals surface area contributed by atoms with Gasteiger partial charge in [-0.2, -0.15) is 5.10 Å². The van der Waals surface area contributed by atoms with Crippen LogP contribution in [0.2, 0.25) is 0 Å². The lowest BCUT2D eigenvalue weighted by atomic mass is 10.0. The van der Waals surface area contributed by atoms with Crippen LogP contribution in [0, 0.1) is 26.1 Å². The number of fused-ring (bicyclic) bond motifs is 1. The summed E-state index contributed by atoms with van der Waals surface area (Å²) in [5.74, 6) is -1.44. The fraction of sp³-hybridized carbons (Fsp3) is 0.320. The number of carbonyl (C=O) groups excluding carboxylic acids is 2. The molecular weight excluding hydrogens is 480 g/mol. The summed E-state index contributed by atoms with van der Waals surface area (Å²) >= 11 is 0. The van der Waals surface area contributed by atoms with Crippen LogP contribution in [0.15, 0.2) is 53.8 Å². The topological polar surface area (TPSA) is 162 Å². The van der Waals surface area contributed by atoms with Crippen molar-refractivity contribution >= 4 is 40.3 Å². The SMILES string of the molecule is CC(C)C[C@@H](NC(=O)c1cc([N+](=O)[O-])cc([N+](=O)[O-])c1)C(=O)N/N=C\c1cn(C(C)C)c2ccccc12.